The molecule has 0 bridgehead atoms. The van der Waals surface area contributed by atoms with E-state index in [9.17, 15) is 35.4 Å². The van der Waals surface area contributed by atoms with Gasteiger partial charge in [-0.15, -0.1) is 0 Å². The quantitative estimate of drug-likeness (QED) is 0.198. The molecule has 10 heteroatoms. The first-order valence-corrected chi connectivity index (χ1v) is 9.64. The Kier molecular flexibility index (Phi) is 7.33. The van der Waals surface area contributed by atoms with Crippen molar-refractivity contribution in [2.24, 2.45) is 0 Å². The number of phenols is 1. The second-order valence-electron chi connectivity index (χ2n) is 7.12. The van der Waals surface area contributed by atoms with Crippen LogP contribution in [0.2, 0.25) is 0 Å². The van der Waals surface area contributed by atoms with E-state index >= 15 is 0 Å². The van der Waals surface area contributed by atoms with Crippen LogP contribution in [0.15, 0.2) is 48.5 Å². The van der Waals surface area contributed by atoms with E-state index in [0.717, 1.165) is 12.1 Å². The smallest absolute Gasteiger partial charge is 0.229 e. The normalized spacial score (nSPS) is 25.9. The monoisotopic (exact) mass is 448 g/mol. The van der Waals surface area contributed by atoms with Gasteiger partial charge in [0.2, 0.25) is 6.29 Å². The first-order chi connectivity index (χ1) is 15.2. The highest BCUT2D eigenvalue weighted by atomic mass is 16.7. The topological polar surface area (TPSA) is 166 Å². The van der Waals surface area contributed by atoms with Crippen LogP contribution >= 0.6 is 0 Å². The van der Waals surface area contributed by atoms with Crippen LogP contribution in [0.4, 0.5) is 0 Å². The first-order valence-electron chi connectivity index (χ1n) is 9.64. The van der Waals surface area contributed by atoms with Crippen molar-refractivity contribution in [3.8, 4) is 17.2 Å². The lowest BCUT2D eigenvalue weighted by molar-refractivity contribution is -0.277. The molecule has 1 aliphatic rings. The van der Waals surface area contributed by atoms with E-state index in [4.69, 9.17) is 14.2 Å². The summed E-state index contributed by atoms with van der Waals surface area (Å²) in [7, 11) is 1.47. The first kappa shape index (κ1) is 23.5. The maximum Gasteiger partial charge on any atom is 0.229 e. The highest BCUT2D eigenvalue weighted by molar-refractivity contribution is 6.09. The maximum absolute atomic E-state index is 12.5. The fraction of sp³-hybridized carbons (Fsp3) is 0.318. The van der Waals surface area contributed by atoms with Gasteiger partial charge in [0.1, 0.15) is 47.4 Å². The summed E-state index contributed by atoms with van der Waals surface area (Å²) in [5.41, 5.74) is 0.223. The lowest BCUT2D eigenvalue weighted by Crippen LogP contribution is -2.60. The third kappa shape index (κ3) is 5.01. The Morgan fingerprint density at radius 3 is 2.47 bits per heavy atom. The van der Waals surface area contributed by atoms with Gasteiger partial charge in [0, 0.05) is 17.7 Å². The molecule has 0 aliphatic carbocycles. The Bertz CT molecular complexity index is 986. The van der Waals surface area contributed by atoms with Gasteiger partial charge in [0.15, 0.2) is 5.78 Å². The minimum atomic E-state index is -1.63. The number of aliphatic hydroxyl groups is 5. The molecule has 172 valence electrons. The lowest BCUT2D eigenvalue weighted by atomic mass is 9.99. The van der Waals surface area contributed by atoms with E-state index in [1.807, 2.05) is 0 Å². The van der Waals surface area contributed by atoms with Gasteiger partial charge < -0.3 is 44.8 Å². The minimum absolute atomic E-state index is 0.00984. The highest BCUT2D eigenvalue weighted by Gasteiger charge is 2.44. The zero-order valence-electron chi connectivity index (χ0n) is 17.0. The molecule has 3 rings (SSSR count). The number of aliphatic hydroxyl groups excluding tert-OH is 5. The highest BCUT2D eigenvalue weighted by Crippen LogP contribution is 2.29. The summed E-state index contributed by atoms with van der Waals surface area (Å²) in [4.78, 5) is 12.5. The number of rotatable bonds is 7. The minimum Gasteiger partial charge on any atom is -0.507 e. The van der Waals surface area contributed by atoms with Gasteiger partial charge >= 0.3 is 0 Å². The molecular formula is C22H24O10. The van der Waals surface area contributed by atoms with Crippen molar-refractivity contribution in [2.75, 3.05) is 13.7 Å². The van der Waals surface area contributed by atoms with Crippen LogP contribution < -0.4 is 9.47 Å². The third-order valence-electron chi connectivity index (χ3n) is 4.97. The van der Waals surface area contributed by atoms with Gasteiger partial charge in [-0.3, -0.25) is 4.79 Å². The molecule has 1 fully saturated rings. The number of ether oxygens (including phenoxy) is 3. The standard InChI is InChI=1S/C22H24O10/c1-30-12-4-2-3-11(7-12)15(24)9-17(26)14-6-5-13(8-16(14)25)31-22-21(29)20(28)19(27)18(10-23)32-22/h2-9,18-25,27-29H,10H2,1H3/b15-9-/t18-,19-,20+,21-,22-/m1/s1. The fourth-order valence-corrected chi connectivity index (χ4v) is 3.16. The van der Waals surface area contributed by atoms with Gasteiger partial charge in [-0.1, -0.05) is 12.1 Å². The van der Waals surface area contributed by atoms with Crippen molar-refractivity contribution in [3.63, 3.8) is 0 Å². The van der Waals surface area contributed by atoms with Gasteiger partial charge in [-0.05, 0) is 24.3 Å². The number of hydrogen-bond donors (Lipinski definition) is 6. The summed E-state index contributed by atoms with van der Waals surface area (Å²) in [6, 6.07) is 10.1. The van der Waals surface area contributed by atoms with Gasteiger partial charge in [-0.2, -0.15) is 0 Å². The SMILES string of the molecule is COc1cccc(/C(O)=C/C(=O)c2ccc(O[C@@H]3O[C@H](CO)[C@@H](O)[C@H](O)[C@H]3O)cc2O)c1. The molecule has 0 saturated carbocycles. The summed E-state index contributed by atoms with van der Waals surface area (Å²) < 4.78 is 15.7. The molecule has 1 saturated heterocycles. The molecule has 10 nitrogen and oxygen atoms in total. The van der Waals surface area contributed by atoms with Crippen molar-refractivity contribution < 1.29 is 49.6 Å². The van der Waals surface area contributed by atoms with Crippen LogP contribution in [0.25, 0.3) is 5.76 Å². The fourth-order valence-electron chi connectivity index (χ4n) is 3.16. The number of phenolic OH excluding ortho intramolecular Hbond substituents is 1. The Labute approximate surface area is 183 Å². The third-order valence-corrected chi connectivity index (χ3v) is 4.97. The van der Waals surface area contributed by atoms with Crippen molar-refractivity contribution in [3.05, 3.63) is 59.7 Å². The summed E-state index contributed by atoms with van der Waals surface area (Å²) in [6.45, 7) is -0.618. The molecule has 6 N–H and O–H groups in total. The Balaban J connectivity index is 1.75. The zero-order valence-corrected chi connectivity index (χ0v) is 17.0. The van der Waals surface area contributed by atoms with E-state index < -0.39 is 48.8 Å². The van der Waals surface area contributed by atoms with E-state index in [2.05, 4.69) is 0 Å². The largest absolute Gasteiger partial charge is 0.507 e. The number of aromatic hydroxyl groups is 1. The maximum atomic E-state index is 12.5. The van der Waals surface area contributed by atoms with Crippen molar-refractivity contribution in [1.29, 1.82) is 0 Å². The van der Waals surface area contributed by atoms with Crippen LogP contribution in [0.5, 0.6) is 17.2 Å². The van der Waals surface area contributed by atoms with Gasteiger partial charge in [-0.25, -0.2) is 0 Å². The summed E-state index contributed by atoms with van der Waals surface area (Å²) in [6.07, 6.45) is -6.43. The van der Waals surface area contributed by atoms with Crippen LogP contribution in [0.1, 0.15) is 15.9 Å². The number of benzene rings is 2. The van der Waals surface area contributed by atoms with E-state index in [0.29, 0.717) is 11.3 Å². The van der Waals surface area contributed by atoms with E-state index in [-0.39, 0.29) is 17.1 Å². The van der Waals surface area contributed by atoms with Gasteiger partial charge in [0.05, 0.1) is 19.3 Å². The molecule has 2 aromatic carbocycles. The van der Waals surface area contributed by atoms with Crippen molar-refractivity contribution in [1.82, 2.24) is 0 Å². The van der Waals surface area contributed by atoms with Crippen molar-refractivity contribution in [2.45, 2.75) is 30.7 Å². The van der Waals surface area contributed by atoms with Crippen LogP contribution in [0, 0.1) is 0 Å². The molecule has 32 heavy (non-hydrogen) atoms. The van der Waals surface area contributed by atoms with Crippen LogP contribution in [-0.4, -0.2) is 80.8 Å². The molecule has 0 amide bonds. The van der Waals surface area contributed by atoms with Crippen LogP contribution in [-0.2, 0) is 4.74 Å². The molecule has 0 spiro atoms. The van der Waals surface area contributed by atoms with Crippen molar-refractivity contribution >= 4 is 11.5 Å². The second kappa shape index (κ2) is 9.98. The van der Waals surface area contributed by atoms with E-state index in [1.54, 1.807) is 18.2 Å². The van der Waals surface area contributed by atoms with E-state index in [1.165, 1.54) is 25.3 Å². The molecule has 5 atom stereocenters. The summed E-state index contributed by atoms with van der Waals surface area (Å²) in [5, 5.41) is 59.4. The molecule has 0 radical (unpaired) electrons. The molecule has 0 unspecified atom stereocenters. The Hall–Kier alpha value is -3.15. The number of methoxy groups -OCH3 is 1. The average Bonchev–Trinajstić information content (AvgIpc) is 2.79. The number of hydrogen-bond acceptors (Lipinski definition) is 10. The Morgan fingerprint density at radius 1 is 1.06 bits per heavy atom. The molecule has 2 aromatic rings. The zero-order chi connectivity index (χ0) is 23.4. The number of allylic oxidation sites excluding steroid dienone is 1. The summed E-state index contributed by atoms with van der Waals surface area (Å²) >= 11 is 0. The average molecular weight is 448 g/mol. The molecule has 1 heterocycles. The predicted molar refractivity (Wildman–Crippen MR) is 110 cm³/mol. The van der Waals surface area contributed by atoms with Crippen LogP contribution in [0.3, 0.4) is 0 Å². The molecule has 1 aliphatic heterocycles. The van der Waals surface area contributed by atoms with Gasteiger partial charge in [0.25, 0.3) is 0 Å². The molecular weight excluding hydrogens is 424 g/mol. The summed E-state index contributed by atoms with van der Waals surface area (Å²) in [5.74, 6) is -0.985. The lowest BCUT2D eigenvalue weighted by Gasteiger charge is -2.39. The Morgan fingerprint density at radius 2 is 1.81 bits per heavy atom. The predicted octanol–water partition coefficient (Wildman–Crippen LogP) is 0.361. The second-order valence-corrected chi connectivity index (χ2v) is 7.12. The number of carbonyl (C=O) groups excluding carboxylic acids is 1. The molecule has 0 aromatic heterocycles. The number of ketones is 1. The number of carbonyl (C=O) groups is 1.